The Morgan fingerprint density at radius 1 is 1.42 bits per heavy atom. The van der Waals surface area contributed by atoms with Crippen molar-refractivity contribution in [2.24, 2.45) is 5.92 Å². The van der Waals surface area contributed by atoms with Gasteiger partial charge in [0.2, 0.25) is 0 Å². The summed E-state index contributed by atoms with van der Waals surface area (Å²) in [6.07, 6.45) is 4.23. The molecule has 1 aromatic carbocycles. The molecule has 5 nitrogen and oxygen atoms in total. The zero-order valence-corrected chi connectivity index (χ0v) is 15.4. The molecule has 0 aliphatic carbocycles. The maximum atomic E-state index is 13.8. The zero-order chi connectivity index (χ0) is 18.5. The molecular formula is C20H26FN3O2. The molecule has 140 valence electrons. The fraction of sp³-hybridized carbons (Fsp3) is 0.500. The lowest BCUT2D eigenvalue weighted by atomic mass is 9.97. The molecule has 1 saturated heterocycles. The predicted octanol–water partition coefficient (Wildman–Crippen LogP) is 3.15. The minimum absolute atomic E-state index is 0.0975. The number of halogens is 1. The Hall–Kier alpha value is -2.21. The molecule has 26 heavy (non-hydrogen) atoms. The minimum atomic E-state index is -0.130. The maximum Gasteiger partial charge on any atom is 0.275 e. The van der Waals surface area contributed by atoms with Crippen LogP contribution in [0.5, 0.6) is 0 Å². The lowest BCUT2D eigenvalue weighted by Crippen LogP contribution is -2.42. The van der Waals surface area contributed by atoms with Crippen molar-refractivity contribution in [1.29, 1.82) is 0 Å². The van der Waals surface area contributed by atoms with E-state index in [-0.39, 0.29) is 11.7 Å². The first kappa shape index (κ1) is 18.6. The summed E-state index contributed by atoms with van der Waals surface area (Å²) in [5, 5.41) is 0. The third-order valence-corrected chi connectivity index (χ3v) is 5.08. The van der Waals surface area contributed by atoms with Gasteiger partial charge < -0.3 is 14.2 Å². The van der Waals surface area contributed by atoms with E-state index in [4.69, 9.17) is 4.42 Å². The third kappa shape index (κ3) is 4.49. The van der Waals surface area contributed by atoms with E-state index in [1.54, 1.807) is 17.9 Å². The number of amides is 1. The van der Waals surface area contributed by atoms with Crippen LogP contribution in [0.1, 0.15) is 34.7 Å². The summed E-state index contributed by atoms with van der Waals surface area (Å²) >= 11 is 0. The van der Waals surface area contributed by atoms with Crippen molar-refractivity contribution in [3.05, 3.63) is 53.5 Å². The number of carbonyl (C=O) groups is 1. The first-order valence-corrected chi connectivity index (χ1v) is 9.16. The minimum Gasteiger partial charge on any atom is -0.448 e. The summed E-state index contributed by atoms with van der Waals surface area (Å²) in [6, 6.07) is 6.97. The second-order valence-electron chi connectivity index (χ2n) is 7.09. The number of aromatic nitrogens is 1. The van der Waals surface area contributed by atoms with E-state index < -0.39 is 0 Å². The number of rotatable bonds is 6. The highest BCUT2D eigenvalue weighted by atomic mass is 19.1. The molecule has 0 unspecified atom stereocenters. The van der Waals surface area contributed by atoms with Crippen LogP contribution in [0.15, 0.2) is 35.1 Å². The van der Waals surface area contributed by atoms with E-state index in [2.05, 4.69) is 9.88 Å². The summed E-state index contributed by atoms with van der Waals surface area (Å²) in [4.78, 5) is 20.6. The highest BCUT2D eigenvalue weighted by Crippen LogP contribution is 2.19. The van der Waals surface area contributed by atoms with Gasteiger partial charge in [0.1, 0.15) is 11.6 Å². The van der Waals surface area contributed by atoms with Crippen LogP contribution < -0.4 is 0 Å². The lowest BCUT2D eigenvalue weighted by Gasteiger charge is -2.34. The molecule has 1 fully saturated rings. The van der Waals surface area contributed by atoms with Crippen molar-refractivity contribution in [3.63, 3.8) is 0 Å². The molecule has 1 aromatic heterocycles. The SMILES string of the molecule is Cc1ocnc1C(=O)N(C)C[C@@H]1CCCN(CCc2ccccc2F)C1. The first-order valence-electron chi connectivity index (χ1n) is 9.16. The molecule has 6 heteroatoms. The average Bonchev–Trinajstić information content (AvgIpc) is 3.06. The van der Waals surface area contributed by atoms with Gasteiger partial charge in [0.25, 0.3) is 5.91 Å². The summed E-state index contributed by atoms with van der Waals surface area (Å²) in [5.74, 6) is 0.747. The molecule has 1 aliphatic rings. The fourth-order valence-corrected chi connectivity index (χ4v) is 3.64. The van der Waals surface area contributed by atoms with E-state index in [0.717, 1.165) is 38.0 Å². The van der Waals surface area contributed by atoms with E-state index in [0.29, 0.717) is 30.3 Å². The Kier molecular flexibility index (Phi) is 6.04. The molecule has 1 aliphatic heterocycles. The van der Waals surface area contributed by atoms with Crippen molar-refractivity contribution < 1.29 is 13.6 Å². The molecule has 0 spiro atoms. The standard InChI is InChI=1S/C20H26FN3O2/c1-15-19(22-14-26-15)20(25)23(2)12-16-6-5-10-24(13-16)11-9-17-7-3-4-8-18(17)21/h3-4,7-8,14,16H,5-6,9-13H2,1-2H3/t16-/m0/s1. The number of piperidine rings is 1. The normalized spacial score (nSPS) is 18.0. The Bertz CT molecular complexity index is 746. The number of nitrogens with zero attached hydrogens (tertiary/aromatic N) is 3. The number of oxazole rings is 1. The third-order valence-electron chi connectivity index (χ3n) is 5.08. The van der Waals surface area contributed by atoms with Gasteiger partial charge in [0.15, 0.2) is 12.1 Å². The van der Waals surface area contributed by atoms with Crippen molar-refractivity contribution in [1.82, 2.24) is 14.8 Å². The summed E-state index contributed by atoms with van der Waals surface area (Å²) in [5.41, 5.74) is 1.16. The molecule has 2 aromatic rings. The average molecular weight is 359 g/mol. The van der Waals surface area contributed by atoms with Gasteiger partial charge in [-0.3, -0.25) is 4.79 Å². The topological polar surface area (TPSA) is 49.6 Å². The first-order chi connectivity index (χ1) is 12.5. The number of hydrogen-bond acceptors (Lipinski definition) is 4. The van der Waals surface area contributed by atoms with Gasteiger partial charge >= 0.3 is 0 Å². The van der Waals surface area contributed by atoms with Gasteiger partial charge in [-0.15, -0.1) is 0 Å². The second kappa shape index (κ2) is 8.45. The molecule has 1 atom stereocenters. The van der Waals surface area contributed by atoms with Gasteiger partial charge in [0, 0.05) is 26.7 Å². The van der Waals surface area contributed by atoms with Gasteiger partial charge in [-0.05, 0) is 50.3 Å². The number of hydrogen-bond donors (Lipinski definition) is 0. The van der Waals surface area contributed by atoms with E-state index >= 15 is 0 Å². The number of carbonyl (C=O) groups excluding carboxylic acids is 1. The summed E-state index contributed by atoms with van der Waals surface area (Å²) < 4.78 is 18.9. The maximum absolute atomic E-state index is 13.8. The Labute approximate surface area is 153 Å². The second-order valence-corrected chi connectivity index (χ2v) is 7.09. The molecule has 3 rings (SSSR count). The van der Waals surface area contributed by atoms with Crippen LogP contribution in [0.3, 0.4) is 0 Å². The smallest absolute Gasteiger partial charge is 0.275 e. The molecule has 1 amide bonds. The van der Waals surface area contributed by atoms with Gasteiger partial charge in [-0.25, -0.2) is 9.37 Å². The summed E-state index contributed by atoms with van der Waals surface area (Å²) in [6.45, 7) is 5.26. The quantitative estimate of drug-likeness (QED) is 0.795. The largest absolute Gasteiger partial charge is 0.448 e. The van der Waals surface area contributed by atoms with Crippen LogP contribution in [0.2, 0.25) is 0 Å². The van der Waals surface area contributed by atoms with Crippen LogP contribution in [0, 0.1) is 18.7 Å². The molecule has 0 bridgehead atoms. The highest BCUT2D eigenvalue weighted by Gasteiger charge is 2.25. The van der Waals surface area contributed by atoms with E-state index in [9.17, 15) is 9.18 Å². The van der Waals surface area contributed by atoms with Crippen molar-refractivity contribution >= 4 is 5.91 Å². The molecule has 0 N–H and O–H groups in total. The molecule has 0 saturated carbocycles. The van der Waals surface area contributed by atoms with Gasteiger partial charge in [-0.1, -0.05) is 18.2 Å². The monoisotopic (exact) mass is 359 g/mol. The molecule has 2 heterocycles. The number of likely N-dealkylation sites (tertiary alicyclic amines) is 1. The molecule has 0 radical (unpaired) electrons. The number of aryl methyl sites for hydroxylation is 1. The fourth-order valence-electron chi connectivity index (χ4n) is 3.64. The Morgan fingerprint density at radius 3 is 2.96 bits per heavy atom. The predicted molar refractivity (Wildman–Crippen MR) is 97.5 cm³/mol. The van der Waals surface area contributed by atoms with Crippen molar-refractivity contribution in [3.8, 4) is 0 Å². The van der Waals surface area contributed by atoms with E-state index in [1.807, 2.05) is 19.2 Å². The molecular weight excluding hydrogens is 333 g/mol. The van der Waals surface area contributed by atoms with Crippen LogP contribution in [0.25, 0.3) is 0 Å². The van der Waals surface area contributed by atoms with Gasteiger partial charge in [0.05, 0.1) is 0 Å². The van der Waals surface area contributed by atoms with Gasteiger partial charge in [-0.2, -0.15) is 0 Å². The van der Waals surface area contributed by atoms with Crippen LogP contribution >= 0.6 is 0 Å². The number of benzene rings is 1. The van der Waals surface area contributed by atoms with Crippen LogP contribution in [0.4, 0.5) is 4.39 Å². The summed E-state index contributed by atoms with van der Waals surface area (Å²) in [7, 11) is 1.81. The lowest BCUT2D eigenvalue weighted by molar-refractivity contribution is 0.0723. The van der Waals surface area contributed by atoms with Crippen molar-refractivity contribution in [2.45, 2.75) is 26.2 Å². The van der Waals surface area contributed by atoms with Crippen LogP contribution in [-0.4, -0.2) is 53.9 Å². The zero-order valence-electron chi connectivity index (χ0n) is 15.4. The Morgan fingerprint density at radius 2 is 2.23 bits per heavy atom. The Balaban J connectivity index is 1.51. The van der Waals surface area contributed by atoms with Crippen LogP contribution in [-0.2, 0) is 6.42 Å². The van der Waals surface area contributed by atoms with E-state index in [1.165, 1.54) is 12.5 Å². The van der Waals surface area contributed by atoms with Crippen molar-refractivity contribution in [2.75, 3.05) is 33.2 Å². The highest BCUT2D eigenvalue weighted by molar-refractivity contribution is 5.92.